The minimum absolute atomic E-state index is 0. The van der Waals surface area contributed by atoms with E-state index < -0.39 is 0 Å². The van der Waals surface area contributed by atoms with Crippen molar-refractivity contribution in [2.75, 3.05) is 39.3 Å². The van der Waals surface area contributed by atoms with Crippen LogP contribution in [0.1, 0.15) is 19.3 Å². The van der Waals surface area contributed by atoms with E-state index in [0.717, 1.165) is 26.2 Å². The van der Waals surface area contributed by atoms with E-state index in [-0.39, 0.29) is 49.7 Å². The summed E-state index contributed by atoms with van der Waals surface area (Å²) in [6.07, 6.45) is 3.71. The summed E-state index contributed by atoms with van der Waals surface area (Å²) in [5.74, 6) is -0.276. The third-order valence-electron chi connectivity index (χ3n) is 3.81. The molecule has 8 heteroatoms. The van der Waals surface area contributed by atoms with Crippen LogP contribution in [0.3, 0.4) is 0 Å². The Labute approximate surface area is 132 Å². The number of hydrogen-bond donors (Lipinski definition) is 2. The summed E-state index contributed by atoms with van der Waals surface area (Å²) in [7, 11) is 0. The lowest BCUT2D eigenvalue weighted by Gasteiger charge is -2.44. The van der Waals surface area contributed by atoms with Crippen molar-refractivity contribution >= 4 is 36.6 Å². The topological polar surface area (TPSA) is 78.7 Å². The quantitative estimate of drug-likeness (QED) is 0.739. The first-order chi connectivity index (χ1) is 8.70. The van der Waals surface area contributed by atoms with E-state index in [1.807, 2.05) is 4.90 Å². The van der Waals surface area contributed by atoms with Crippen molar-refractivity contribution in [1.29, 1.82) is 0 Å². The van der Waals surface area contributed by atoms with Gasteiger partial charge in [0.05, 0.1) is 13.1 Å². The molecule has 0 aromatic carbocycles. The maximum Gasteiger partial charge on any atom is 0.242 e. The average molecular weight is 327 g/mol. The zero-order valence-corrected chi connectivity index (χ0v) is 13.2. The molecule has 0 aliphatic carbocycles. The number of piperidine rings is 1. The van der Waals surface area contributed by atoms with Crippen molar-refractivity contribution in [2.45, 2.75) is 25.3 Å². The second-order valence-electron chi connectivity index (χ2n) is 5.01. The zero-order chi connectivity index (χ0) is 13.0. The van der Waals surface area contributed by atoms with E-state index in [1.54, 1.807) is 0 Å². The number of amides is 2. The second-order valence-corrected chi connectivity index (χ2v) is 5.01. The van der Waals surface area contributed by atoms with Gasteiger partial charge in [0.2, 0.25) is 11.8 Å². The van der Waals surface area contributed by atoms with E-state index in [4.69, 9.17) is 5.73 Å². The summed E-state index contributed by atoms with van der Waals surface area (Å²) in [6, 6.07) is 0.515. The Kier molecular flexibility index (Phi) is 9.13. The number of nitrogens with one attached hydrogen (secondary N) is 1. The molecule has 2 aliphatic rings. The molecule has 3 N–H and O–H groups in total. The number of nitrogens with two attached hydrogens (primary N) is 1. The van der Waals surface area contributed by atoms with Crippen molar-refractivity contribution in [3.63, 3.8) is 0 Å². The minimum atomic E-state index is -0.278. The predicted molar refractivity (Wildman–Crippen MR) is 82.4 cm³/mol. The molecule has 0 radical (unpaired) electrons. The van der Waals surface area contributed by atoms with Crippen LogP contribution in [0, 0.1) is 0 Å². The monoisotopic (exact) mass is 326 g/mol. The summed E-state index contributed by atoms with van der Waals surface area (Å²) in [6.45, 7) is 3.70. The van der Waals surface area contributed by atoms with Crippen molar-refractivity contribution < 1.29 is 9.59 Å². The maximum absolute atomic E-state index is 11.9. The van der Waals surface area contributed by atoms with E-state index in [1.165, 1.54) is 19.3 Å². The smallest absolute Gasteiger partial charge is 0.242 e. The van der Waals surface area contributed by atoms with E-state index in [0.29, 0.717) is 6.04 Å². The van der Waals surface area contributed by atoms with Gasteiger partial charge in [-0.25, -0.2) is 0 Å². The van der Waals surface area contributed by atoms with E-state index >= 15 is 0 Å². The highest BCUT2D eigenvalue weighted by atomic mass is 35.5. The molecule has 2 saturated heterocycles. The standard InChI is InChI=1S/C12H22N4O2.2ClH/c13-7-11(17)14-8-12(18)16-6-5-15-4-2-1-3-10(15)9-16;;/h10H,1-9,13H2,(H,14,17);2*1H. The van der Waals surface area contributed by atoms with Gasteiger partial charge in [-0.2, -0.15) is 0 Å². The Morgan fingerprint density at radius 1 is 1.15 bits per heavy atom. The molecule has 0 aromatic rings. The summed E-state index contributed by atoms with van der Waals surface area (Å²) >= 11 is 0. The van der Waals surface area contributed by atoms with Gasteiger partial charge in [-0.3, -0.25) is 14.5 Å². The first kappa shape index (κ1) is 19.4. The average Bonchev–Trinajstić information content (AvgIpc) is 2.43. The third kappa shape index (κ3) is 5.09. The van der Waals surface area contributed by atoms with Gasteiger partial charge in [0.25, 0.3) is 0 Å². The van der Waals surface area contributed by atoms with Gasteiger partial charge < -0.3 is 16.0 Å². The molecule has 2 amide bonds. The number of carbonyl (C=O) groups is 2. The van der Waals surface area contributed by atoms with Crippen LogP contribution in [0.15, 0.2) is 0 Å². The first-order valence-corrected chi connectivity index (χ1v) is 6.69. The predicted octanol–water partition coefficient (Wildman–Crippen LogP) is -0.398. The molecule has 2 fully saturated rings. The zero-order valence-electron chi connectivity index (χ0n) is 11.5. The molecule has 1 unspecified atom stereocenters. The summed E-state index contributed by atoms with van der Waals surface area (Å²) in [4.78, 5) is 27.3. The Bertz CT molecular complexity index is 331. The molecule has 2 heterocycles. The molecular formula is C12H24Cl2N4O2. The Morgan fingerprint density at radius 2 is 1.90 bits per heavy atom. The van der Waals surface area contributed by atoms with Gasteiger partial charge in [0.15, 0.2) is 0 Å². The molecule has 2 rings (SSSR count). The molecule has 2 aliphatic heterocycles. The van der Waals surface area contributed by atoms with Crippen LogP contribution in [0.25, 0.3) is 0 Å². The van der Waals surface area contributed by atoms with Crippen LogP contribution in [0.4, 0.5) is 0 Å². The van der Waals surface area contributed by atoms with Crippen LogP contribution in [0.5, 0.6) is 0 Å². The van der Waals surface area contributed by atoms with Gasteiger partial charge in [0, 0.05) is 25.7 Å². The Balaban J connectivity index is 0.00000180. The fourth-order valence-corrected chi connectivity index (χ4v) is 2.74. The highest BCUT2D eigenvalue weighted by molar-refractivity contribution is 5.86. The van der Waals surface area contributed by atoms with Crippen molar-refractivity contribution in [3.05, 3.63) is 0 Å². The van der Waals surface area contributed by atoms with E-state index in [9.17, 15) is 9.59 Å². The molecular weight excluding hydrogens is 303 g/mol. The molecule has 118 valence electrons. The number of rotatable bonds is 3. The maximum atomic E-state index is 11.9. The molecule has 1 atom stereocenters. The normalized spacial score (nSPS) is 22.1. The summed E-state index contributed by atoms with van der Waals surface area (Å²) in [5.41, 5.74) is 5.18. The molecule has 0 aromatic heterocycles. The van der Waals surface area contributed by atoms with Gasteiger partial charge in [0.1, 0.15) is 0 Å². The highest BCUT2D eigenvalue weighted by Gasteiger charge is 2.30. The molecule has 0 spiro atoms. The number of fused-ring (bicyclic) bond motifs is 1. The van der Waals surface area contributed by atoms with Crippen LogP contribution in [-0.4, -0.2) is 66.9 Å². The lowest BCUT2D eigenvalue weighted by atomic mass is 9.99. The minimum Gasteiger partial charge on any atom is -0.346 e. The Hall–Kier alpha value is -0.560. The van der Waals surface area contributed by atoms with Crippen LogP contribution >= 0.6 is 24.8 Å². The molecule has 0 bridgehead atoms. The first-order valence-electron chi connectivity index (χ1n) is 6.69. The van der Waals surface area contributed by atoms with Crippen molar-refractivity contribution in [1.82, 2.24) is 15.1 Å². The largest absolute Gasteiger partial charge is 0.346 e. The molecule has 20 heavy (non-hydrogen) atoms. The molecule has 0 saturated carbocycles. The SMILES string of the molecule is Cl.Cl.NCC(=O)NCC(=O)N1CCN2CCCCC2C1. The third-order valence-corrected chi connectivity index (χ3v) is 3.81. The van der Waals surface area contributed by atoms with Crippen LogP contribution in [-0.2, 0) is 9.59 Å². The lowest BCUT2D eigenvalue weighted by Crippen LogP contribution is -2.57. The number of nitrogens with zero attached hydrogens (tertiary/aromatic N) is 2. The van der Waals surface area contributed by atoms with Gasteiger partial charge >= 0.3 is 0 Å². The van der Waals surface area contributed by atoms with Crippen molar-refractivity contribution in [2.24, 2.45) is 5.73 Å². The number of halogens is 2. The van der Waals surface area contributed by atoms with Gasteiger partial charge in [-0.1, -0.05) is 6.42 Å². The fourth-order valence-electron chi connectivity index (χ4n) is 2.74. The molecule has 6 nitrogen and oxygen atoms in total. The fraction of sp³-hybridized carbons (Fsp3) is 0.833. The Morgan fingerprint density at radius 3 is 2.60 bits per heavy atom. The highest BCUT2D eigenvalue weighted by Crippen LogP contribution is 2.20. The second kappa shape index (κ2) is 9.39. The number of hydrogen-bond acceptors (Lipinski definition) is 4. The number of carbonyl (C=O) groups excluding carboxylic acids is 2. The van der Waals surface area contributed by atoms with Crippen LogP contribution < -0.4 is 11.1 Å². The lowest BCUT2D eigenvalue weighted by molar-refractivity contribution is -0.135. The summed E-state index contributed by atoms with van der Waals surface area (Å²) in [5, 5.41) is 2.53. The van der Waals surface area contributed by atoms with Gasteiger partial charge in [-0.15, -0.1) is 24.8 Å². The van der Waals surface area contributed by atoms with Crippen molar-refractivity contribution in [3.8, 4) is 0 Å². The van der Waals surface area contributed by atoms with Crippen LogP contribution in [0.2, 0.25) is 0 Å². The van der Waals surface area contributed by atoms with E-state index in [2.05, 4.69) is 10.2 Å². The number of piperazine rings is 1. The summed E-state index contributed by atoms with van der Waals surface area (Å²) < 4.78 is 0. The van der Waals surface area contributed by atoms with Gasteiger partial charge in [-0.05, 0) is 19.4 Å².